The van der Waals surface area contributed by atoms with Gasteiger partial charge in [0.1, 0.15) is 5.82 Å². The summed E-state index contributed by atoms with van der Waals surface area (Å²) in [7, 11) is -3.42. The molecule has 3 unspecified atom stereocenters. The zero-order chi connectivity index (χ0) is 26.3. The van der Waals surface area contributed by atoms with Crippen molar-refractivity contribution in [3.05, 3.63) is 77.2 Å². The Bertz CT molecular complexity index is 1390. The van der Waals surface area contributed by atoms with E-state index in [2.05, 4.69) is 5.66 Å². The molecule has 1 heterocycles. The van der Waals surface area contributed by atoms with Gasteiger partial charge in [0.25, 0.3) is 7.37 Å². The summed E-state index contributed by atoms with van der Waals surface area (Å²) in [4.78, 5) is 18.1. The summed E-state index contributed by atoms with van der Waals surface area (Å²) >= 11 is 0. The fourth-order valence-corrected chi connectivity index (χ4v) is 6.76. The van der Waals surface area contributed by atoms with Crippen LogP contribution in [-0.4, -0.2) is 34.4 Å². The van der Waals surface area contributed by atoms with Gasteiger partial charge in [0.15, 0.2) is 0 Å². The maximum absolute atomic E-state index is 14.1. The molecule has 1 aromatic heterocycles. The first-order valence-corrected chi connectivity index (χ1v) is 13.2. The van der Waals surface area contributed by atoms with Crippen LogP contribution in [-0.2, 0) is 19.0 Å². The molecule has 1 aliphatic carbocycles. The molecule has 6 nitrogen and oxygen atoms in total. The van der Waals surface area contributed by atoms with Gasteiger partial charge in [-0.2, -0.15) is 0 Å². The monoisotopic (exact) mass is 507 g/mol. The van der Waals surface area contributed by atoms with E-state index in [1.165, 1.54) is 31.2 Å². The van der Waals surface area contributed by atoms with E-state index in [1.54, 1.807) is 6.92 Å². The van der Waals surface area contributed by atoms with Gasteiger partial charge in [-0.25, -0.2) is 4.39 Å². The second-order valence-electron chi connectivity index (χ2n) is 8.98. The lowest BCUT2D eigenvalue weighted by Crippen LogP contribution is -2.46. The van der Waals surface area contributed by atoms with E-state index in [-0.39, 0.29) is 11.5 Å². The van der Waals surface area contributed by atoms with Gasteiger partial charge in [-0.3, -0.25) is 14.3 Å². The highest BCUT2D eigenvalue weighted by Gasteiger charge is 2.63. The largest absolute Gasteiger partial charge is 0.480 e. The Kier molecular flexibility index (Phi) is 6.90. The Morgan fingerprint density at radius 3 is 2.28 bits per heavy atom. The number of halogens is 1. The van der Waals surface area contributed by atoms with Crippen LogP contribution in [0.15, 0.2) is 54.6 Å². The molecule has 0 aliphatic heterocycles. The first-order chi connectivity index (χ1) is 17.1. The summed E-state index contributed by atoms with van der Waals surface area (Å²) in [5, 5.41) is 19.2. The predicted molar refractivity (Wildman–Crippen MR) is 136 cm³/mol. The lowest BCUT2D eigenvalue weighted by atomic mass is 9.81. The highest BCUT2D eigenvalue weighted by atomic mass is 31.2. The third-order valence-electron chi connectivity index (χ3n) is 6.82. The zero-order valence-electron chi connectivity index (χ0n) is 20.2. The summed E-state index contributed by atoms with van der Waals surface area (Å²) in [6.45, 7) is 3.01. The van der Waals surface area contributed by atoms with Crippen molar-refractivity contribution in [2.24, 2.45) is 0 Å². The molecule has 3 atom stereocenters. The molecule has 0 saturated heterocycles. The number of aliphatic carboxylic acids is 1. The zero-order valence-corrected chi connectivity index (χ0v) is 21.1. The topological polar surface area (TPSA) is 96.7 Å². The summed E-state index contributed by atoms with van der Waals surface area (Å²) in [6, 6.07) is 15.0. The molecule has 4 rings (SSSR count). The third-order valence-corrected chi connectivity index (χ3v) is 9.39. The molecular formula is C28H27FNO5P. The average molecular weight is 507 g/mol. The Morgan fingerprint density at radius 2 is 1.81 bits per heavy atom. The van der Waals surface area contributed by atoms with E-state index < -0.39 is 30.4 Å². The number of nitrogens with zero attached hydrogens (tertiary/aromatic N) is 1. The fraction of sp³-hybridized carbons (Fsp3) is 0.286. The highest BCUT2D eigenvalue weighted by molar-refractivity contribution is 7.66. The van der Waals surface area contributed by atoms with Crippen LogP contribution in [0.25, 0.3) is 22.4 Å². The van der Waals surface area contributed by atoms with E-state index in [4.69, 9.17) is 15.9 Å². The van der Waals surface area contributed by atoms with Gasteiger partial charge < -0.3 is 14.7 Å². The van der Waals surface area contributed by atoms with Crippen molar-refractivity contribution in [3.8, 4) is 34.5 Å². The number of hydrogen-bond donors (Lipinski definition) is 2. The Morgan fingerprint density at radius 1 is 1.19 bits per heavy atom. The lowest BCUT2D eigenvalue weighted by molar-refractivity contribution is -0.144. The van der Waals surface area contributed by atoms with Crippen LogP contribution in [0.2, 0.25) is 0 Å². The first kappa shape index (κ1) is 25.8. The molecule has 0 radical (unpaired) electrons. The SMILES string of the molecule is C#CP(=O)(OC)C(C(=O)O)(c1c(C2CC2)nc(-c2ccccc2)c(C)c1-c1ccc(F)cc1)C(C)O. The van der Waals surface area contributed by atoms with E-state index in [9.17, 15) is 24.0 Å². The Balaban J connectivity index is 2.26. The highest BCUT2D eigenvalue weighted by Crippen LogP contribution is 2.68. The average Bonchev–Trinajstić information content (AvgIpc) is 3.71. The van der Waals surface area contributed by atoms with Crippen LogP contribution in [0.5, 0.6) is 0 Å². The van der Waals surface area contributed by atoms with Gasteiger partial charge in [0.2, 0.25) is 5.16 Å². The number of aromatic nitrogens is 1. The maximum atomic E-state index is 14.1. The number of benzene rings is 2. The summed E-state index contributed by atoms with van der Waals surface area (Å²) in [5.41, 5.74) is 5.39. The van der Waals surface area contributed by atoms with Crippen molar-refractivity contribution < 1.29 is 28.5 Å². The number of carbonyl (C=O) groups is 1. The summed E-state index contributed by atoms with van der Waals surface area (Å²) in [5.74, 6) is -2.17. The van der Waals surface area contributed by atoms with Crippen molar-refractivity contribution in [3.63, 3.8) is 0 Å². The molecular weight excluding hydrogens is 480 g/mol. The van der Waals surface area contributed by atoms with E-state index >= 15 is 0 Å². The molecule has 2 N–H and O–H groups in total. The number of rotatable bonds is 8. The smallest absolute Gasteiger partial charge is 0.327 e. The van der Waals surface area contributed by atoms with Crippen LogP contribution in [0.4, 0.5) is 4.39 Å². The summed E-state index contributed by atoms with van der Waals surface area (Å²) in [6.07, 6.45) is 5.41. The number of carboxylic acids is 1. The third kappa shape index (κ3) is 3.96. The molecule has 1 fully saturated rings. The number of pyridine rings is 1. The second kappa shape index (κ2) is 9.63. The second-order valence-corrected chi connectivity index (χ2v) is 11.4. The summed E-state index contributed by atoms with van der Waals surface area (Å²) < 4.78 is 33.2. The van der Waals surface area contributed by atoms with Gasteiger partial charge >= 0.3 is 5.97 Å². The van der Waals surface area contributed by atoms with E-state index in [0.717, 1.165) is 25.5 Å². The Labute approximate surface area is 209 Å². The van der Waals surface area contributed by atoms with Crippen LogP contribution in [0, 0.1) is 24.8 Å². The molecule has 186 valence electrons. The molecule has 0 amide bonds. The molecule has 2 aromatic carbocycles. The van der Waals surface area contributed by atoms with E-state index in [0.29, 0.717) is 28.1 Å². The van der Waals surface area contributed by atoms with Crippen molar-refractivity contribution >= 4 is 13.3 Å². The quantitative estimate of drug-likeness (QED) is 0.290. The fourth-order valence-electron chi connectivity index (χ4n) is 4.90. The number of hydrogen-bond acceptors (Lipinski definition) is 5. The van der Waals surface area contributed by atoms with Gasteiger partial charge in [-0.15, -0.1) is 6.42 Å². The Hall–Kier alpha value is -3.30. The molecule has 0 spiro atoms. The van der Waals surface area contributed by atoms with Gasteiger partial charge in [0, 0.05) is 29.8 Å². The normalized spacial score (nSPS) is 17.4. The lowest BCUT2D eigenvalue weighted by Gasteiger charge is -2.39. The van der Waals surface area contributed by atoms with Gasteiger partial charge in [-0.1, -0.05) is 42.5 Å². The van der Waals surface area contributed by atoms with Crippen LogP contribution in [0.1, 0.15) is 42.5 Å². The van der Waals surface area contributed by atoms with Crippen LogP contribution in [0.3, 0.4) is 0 Å². The number of terminal acetylenes is 1. The number of carboxylic acid groups (broad SMARTS) is 1. The van der Waals surface area contributed by atoms with Crippen molar-refractivity contribution in [1.82, 2.24) is 4.98 Å². The molecule has 1 saturated carbocycles. The van der Waals surface area contributed by atoms with Crippen molar-refractivity contribution in [1.29, 1.82) is 0 Å². The minimum absolute atomic E-state index is 0.0550. The molecule has 36 heavy (non-hydrogen) atoms. The molecule has 1 aliphatic rings. The first-order valence-electron chi connectivity index (χ1n) is 11.5. The van der Waals surface area contributed by atoms with Crippen molar-refractivity contribution in [2.45, 2.75) is 43.9 Å². The minimum Gasteiger partial charge on any atom is -0.480 e. The van der Waals surface area contributed by atoms with E-state index in [1.807, 2.05) is 30.3 Å². The number of aliphatic hydroxyl groups excluding tert-OH is 1. The maximum Gasteiger partial charge on any atom is 0.327 e. The standard InChI is InChI=1S/C28H27FNO5P/c1-5-36(34,35-4)28(18(3)31,27(32)33)24-23(19-13-15-22(29)16-14-19)17(2)25(20-9-7-6-8-10-20)30-26(24)21-11-12-21/h1,6-10,13-16,18,21,31H,11-12H2,2-4H3,(H,32,33). The number of aliphatic hydroxyl groups is 1. The molecule has 8 heteroatoms. The van der Waals surface area contributed by atoms with Crippen LogP contribution < -0.4 is 0 Å². The minimum atomic E-state index is -4.49. The van der Waals surface area contributed by atoms with Gasteiger partial charge in [-0.05, 0) is 61.2 Å². The molecule has 0 bridgehead atoms. The van der Waals surface area contributed by atoms with Crippen LogP contribution >= 0.6 is 7.37 Å². The van der Waals surface area contributed by atoms with Crippen molar-refractivity contribution in [2.75, 3.05) is 7.11 Å². The van der Waals surface area contributed by atoms with Gasteiger partial charge in [0.05, 0.1) is 11.8 Å². The molecule has 3 aromatic rings. The predicted octanol–water partition coefficient (Wildman–Crippen LogP) is 5.92.